The number of carboxylic acid groups (broad SMARTS) is 1. The summed E-state index contributed by atoms with van der Waals surface area (Å²) >= 11 is 0. The monoisotopic (exact) mass is 357 g/mol. The van der Waals surface area contributed by atoms with E-state index in [2.05, 4.69) is 15.2 Å². The van der Waals surface area contributed by atoms with Crippen molar-refractivity contribution in [3.8, 4) is 5.69 Å². The van der Waals surface area contributed by atoms with E-state index in [1.54, 1.807) is 0 Å². The smallest absolute Gasteiger partial charge is 0.416 e. The highest BCUT2D eigenvalue weighted by Crippen LogP contribution is 2.30. The van der Waals surface area contributed by atoms with E-state index < -0.39 is 29.7 Å². The number of rotatable bonds is 6. The summed E-state index contributed by atoms with van der Waals surface area (Å²) < 4.78 is 44.0. The van der Waals surface area contributed by atoms with Crippen LogP contribution in [0, 0.1) is 0 Å². The zero-order valence-corrected chi connectivity index (χ0v) is 12.9. The molecule has 1 amide bonds. The van der Waals surface area contributed by atoms with Crippen molar-refractivity contribution in [2.24, 2.45) is 0 Å². The van der Waals surface area contributed by atoms with Gasteiger partial charge >= 0.3 is 12.1 Å². The van der Waals surface area contributed by atoms with Gasteiger partial charge in [-0.1, -0.05) is 6.07 Å². The highest BCUT2D eigenvalue weighted by Gasteiger charge is 2.30. The largest absolute Gasteiger partial charge is 0.479 e. The minimum atomic E-state index is -4.49. The van der Waals surface area contributed by atoms with Crippen LogP contribution in [0.5, 0.6) is 0 Å². The molecule has 134 valence electrons. The van der Waals surface area contributed by atoms with Crippen LogP contribution >= 0.6 is 0 Å². The topological polar surface area (TPSA) is 93.5 Å². The number of amides is 1. The van der Waals surface area contributed by atoms with Crippen molar-refractivity contribution in [3.05, 3.63) is 47.8 Å². The highest BCUT2D eigenvalue weighted by molar-refractivity contribution is 5.92. The number of nitrogens with one attached hydrogen (secondary N) is 1. The lowest BCUT2D eigenvalue weighted by atomic mass is 10.2. The number of alkyl halides is 3. The van der Waals surface area contributed by atoms with Crippen molar-refractivity contribution in [1.82, 2.24) is 15.1 Å². The molecule has 1 aromatic carbocycles. The Morgan fingerprint density at radius 2 is 2.08 bits per heavy atom. The Labute approximate surface area is 140 Å². The van der Waals surface area contributed by atoms with E-state index in [0.29, 0.717) is 0 Å². The molecule has 2 aromatic rings. The van der Waals surface area contributed by atoms with Crippen molar-refractivity contribution >= 4 is 11.9 Å². The van der Waals surface area contributed by atoms with Gasteiger partial charge in [0.1, 0.15) is 0 Å². The van der Waals surface area contributed by atoms with E-state index >= 15 is 0 Å². The maximum Gasteiger partial charge on any atom is 0.416 e. The van der Waals surface area contributed by atoms with Crippen molar-refractivity contribution in [3.63, 3.8) is 0 Å². The number of halogens is 3. The van der Waals surface area contributed by atoms with Crippen LogP contribution in [-0.2, 0) is 15.7 Å². The molecule has 0 aliphatic rings. The summed E-state index contributed by atoms with van der Waals surface area (Å²) in [6.45, 7) is -0.277. The maximum atomic E-state index is 12.7. The van der Waals surface area contributed by atoms with Crippen LogP contribution in [0.2, 0.25) is 0 Å². The number of methoxy groups -OCH3 is 1. The van der Waals surface area contributed by atoms with E-state index in [0.717, 1.165) is 16.8 Å². The molecule has 0 radical (unpaired) electrons. The fourth-order valence-electron chi connectivity index (χ4n) is 1.96. The summed E-state index contributed by atoms with van der Waals surface area (Å²) in [5.41, 5.74) is -0.775. The Morgan fingerprint density at radius 1 is 1.36 bits per heavy atom. The van der Waals surface area contributed by atoms with Crippen molar-refractivity contribution in [2.75, 3.05) is 13.7 Å². The van der Waals surface area contributed by atoms with Crippen LogP contribution in [0.3, 0.4) is 0 Å². The van der Waals surface area contributed by atoms with Crippen LogP contribution in [0.4, 0.5) is 13.2 Å². The van der Waals surface area contributed by atoms with Crippen LogP contribution in [0.25, 0.3) is 5.69 Å². The number of aromatic nitrogens is 2. The molecule has 0 fully saturated rings. The minimum Gasteiger partial charge on any atom is -0.479 e. The molecule has 10 heteroatoms. The standard InChI is InChI=1S/C15H14F3N3O4/c1-25-12(14(23)24)8-19-13(22)11-5-6-21(20-11)10-4-2-3-9(7-10)15(16,17)18/h2-7,12H,8H2,1H3,(H,19,22)(H,23,24). The van der Waals surface area contributed by atoms with Crippen molar-refractivity contribution < 1.29 is 32.6 Å². The molecule has 1 aromatic heterocycles. The SMILES string of the molecule is COC(CNC(=O)c1ccn(-c2cccc(C(F)(F)F)c2)n1)C(=O)O. The molecule has 25 heavy (non-hydrogen) atoms. The zero-order valence-electron chi connectivity index (χ0n) is 12.9. The average molecular weight is 357 g/mol. The number of aliphatic carboxylic acids is 1. The first-order valence-electron chi connectivity index (χ1n) is 6.99. The van der Waals surface area contributed by atoms with Gasteiger partial charge in [-0.05, 0) is 24.3 Å². The average Bonchev–Trinajstić information content (AvgIpc) is 3.04. The number of benzene rings is 1. The fraction of sp³-hybridized carbons (Fsp3) is 0.267. The van der Waals surface area contributed by atoms with E-state index in [1.165, 1.54) is 31.5 Å². The number of carbonyl (C=O) groups excluding carboxylic acids is 1. The van der Waals surface area contributed by atoms with E-state index in [9.17, 15) is 22.8 Å². The molecule has 0 aliphatic carbocycles. The summed E-state index contributed by atoms with van der Waals surface area (Å²) in [7, 11) is 1.19. The predicted octanol–water partition coefficient (Wildman–Crippen LogP) is 1.72. The Kier molecular flexibility index (Phi) is 5.42. The maximum absolute atomic E-state index is 12.7. The summed E-state index contributed by atoms with van der Waals surface area (Å²) in [5.74, 6) is -1.91. The molecule has 1 atom stereocenters. The van der Waals surface area contributed by atoms with Crippen LogP contribution < -0.4 is 5.32 Å². The molecule has 0 spiro atoms. The predicted molar refractivity (Wildman–Crippen MR) is 79.3 cm³/mol. The molecule has 0 saturated carbocycles. The number of carboxylic acids is 1. The molecule has 0 aliphatic heterocycles. The summed E-state index contributed by atoms with van der Waals surface area (Å²) in [6, 6.07) is 5.78. The van der Waals surface area contributed by atoms with Gasteiger partial charge in [0.2, 0.25) is 0 Å². The Hall–Kier alpha value is -2.88. The molecule has 1 unspecified atom stereocenters. The van der Waals surface area contributed by atoms with Crippen LogP contribution in [0.1, 0.15) is 16.1 Å². The van der Waals surface area contributed by atoms with Gasteiger partial charge < -0.3 is 15.2 Å². The van der Waals surface area contributed by atoms with E-state index in [-0.39, 0.29) is 17.9 Å². The molecular formula is C15H14F3N3O4. The Bertz CT molecular complexity index is 773. The minimum absolute atomic E-state index is 0.0716. The molecular weight excluding hydrogens is 343 g/mol. The zero-order chi connectivity index (χ0) is 18.6. The summed E-state index contributed by atoms with van der Waals surface area (Å²) in [6.07, 6.45) is -4.38. The normalized spacial score (nSPS) is 12.6. The number of ether oxygens (including phenoxy) is 1. The second-order valence-corrected chi connectivity index (χ2v) is 4.97. The van der Waals surface area contributed by atoms with E-state index in [4.69, 9.17) is 5.11 Å². The molecule has 2 N–H and O–H groups in total. The Morgan fingerprint density at radius 3 is 2.68 bits per heavy atom. The van der Waals surface area contributed by atoms with Gasteiger partial charge in [-0.15, -0.1) is 0 Å². The summed E-state index contributed by atoms with van der Waals surface area (Å²) in [4.78, 5) is 22.7. The van der Waals surface area contributed by atoms with Gasteiger partial charge in [-0.3, -0.25) is 4.79 Å². The molecule has 0 bridgehead atoms. The van der Waals surface area contributed by atoms with Gasteiger partial charge in [0.15, 0.2) is 11.8 Å². The summed E-state index contributed by atoms with van der Waals surface area (Å²) in [5, 5.41) is 15.0. The molecule has 7 nitrogen and oxygen atoms in total. The Balaban J connectivity index is 2.12. The lowest BCUT2D eigenvalue weighted by Crippen LogP contribution is -2.38. The van der Waals surface area contributed by atoms with Gasteiger partial charge in [0.05, 0.1) is 17.8 Å². The first-order chi connectivity index (χ1) is 11.7. The van der Waals surface area contributed by atoms with E-state index in [1.807, 2.05) is 0 Å². The number of hydrogen-bond acceptors (Lipinski definition) is 4. The van der Waals surface area contributed by atoms with Crippen LogP contribution in [-0.4, -0.2) is 46.5 Å². The lowest BCUT2D eigenvalue weighted by Gasteiger charge is -2.10. The first kappa shape index (κ1) is 18.5. The lowest BCUT2D eigenvalue weighted by molar-refractivity contribution is -0.148. The third-order valence-electron chi connectivity index (χ3n) is 3.27. The third kappa shape index (κ3) is 4.57. The number of hydrogen-bond donors (Lipinski definition) is 2. The van der Waals surface area contributed by atoms with Gasteiger partial charge in [0, 0.05) is 13.3 Å². The highest BCUT2D eigenvalue weighted by atomic mass is 19.4. The fourth-order valence-corrected chi connectivity index (χ4v) is 1.96. The second kappa shape index (κ2) is 7.34. The molecule has 1 heterocycles. The first-order valence-corrected chi connectivity index (χ1v) is 6.99. The van der Waals surface area contributed by atoms with Gasteiger partial charge in [-0.2, -0.15) is 18.3 Å². The molecule has 2 rings (SSSR count). The van der Waals surface area contributed by atoms with Gasteiger partial charge in [0.25, 0.3) is 5.91 Å². The van der Waals surface area contributed by atoms with Crippen LogP contribution in [0.15, 0.2) is 36.5 Å². The number of carbonyl (C=O) groups is 2. The van der Waals surface area contributed by atoms with Crippen molar-refractivity contribution in [2.45, 2.75) is 12.3 Å². The quantitative estimate of drug-likeness (QED) is 0.821. The molecule has 0 saturated heterocycles. The second-order valence-electron chi connectivity index (χ2n) is 4.97. The number of nitrogens with zero attached hydrogens (tertiary/aromatic N) is 2. The van der Waals surface area contributed by atoms with Crippen molar-refractivity contribution in [1.29, 1.82) is 0 Å². The van der Waals surface area contributed by atoms with Gasteiger partial charge in [-0.25, -0.2) is 9.48 Å². The third-order valence-corrected chi connectivity index (χ3v) is 3.27.